The van der Waals surface area contributed by atoms with Gasteiger partial charge in [-0.1, -0.05) is 0 Å². The van der Waals surface area contributed by atoms with Crippen LogP contribution in [-0.4, -0.2) is 33.1 Å². The van der Waals surface area contributed by atoms with E-state index in [2.05, 4.69) is 4.74 Å². The molecule has 0 atom stereocenters. The lowest BCUT2D eigenvalue weighted by Crippen LogP contribution is -2.12. The zero-order valence-electron chi connectivity index (χ0n) is 5.13. The van der Waals surface area contributed by atoms with Gasteiger partial charge in [0.25, 0.3) is 0 Å². The Morgan fingerprint density at radius 2 is 2.11 bits per heavy atom. The predicted molar refractivity (Wildman–Crippen MR) is 36.4 cm³/mol. The molecule has 0 rings (SSSR count). The summed E-state index contributed by atoms with van der Waals surface area (Å²) in [5.41, 5.74) is 0. The number of rotatable bonds is 4. The number of alkyl halides is 1. The Hall–Kier alpha value is 0.200. The number of hydrogen-bond donors (Lipinski definition) is 0. The Morgan fingerprint density at radius 1 is 1.56 bits per heavy atom. The van der Waals surface area contributed by atoms with Gasteiger partial charge in [-0.2, -0.15) is 0 Å². The van der Waals surface area contributed by atoms with E-state index in [0.717, 1.165) is 0 Å². The first kappa shape index (κ1) is 9.20. The van der Waals surface area contributed by atoms with Gasteiger partial charge in [0.2, 0.25) is 0 Å². The summed E-state index contributed by atoms with van der Waals surface area (Å²) in [5, 5.41) is 0. The Bertz CT molecular complexity index is 139. The molecule has 0 aliphatic heterocycles. The van der Waals surface area contributed by atoms with Crippen LogP contribution < -0.4 is 0 Å². The summed E-state index contributed by atoms with van der Waals surface area (Å²) in [6.07, 6.45) is 0. The summed E-state index contributed by atoms with van der Waals surface area (Å²) in [4.78, 5) is 0. The van der Waals surface area contributed by atoms with Gasteiger partial charge < -0.3 is 4.74 Å². The van der Waals surface area contributed by atoms with Gasteiger partial charge in [-0.25, -0.2) is 8.42 Å². The van der Waals surface area contributed by atoms with Crippen molar-refractivity contribution in [2.24, 2.45) is 0 Å². The van der Waals surface area contributed by atoms with Crippen LogP contribution in [0, 0.1) is 0 Å². The van der Waals surface area contributed by atoms with Gasteiger partial charge >= 0.3 is 0 Å². The van der Waals surface area contributed by atoms with Crippen molar-refractivity contribution in [2.75, 3.05) is 24.7 Å². The maximum atomic E-state index is 10.6. The topological polar surface area (TPSA) is 43.4 Å². The third-order valence-electron chi connectivity index (χ3n) is 0.686. The van der Waals surface area contributed by atoms with Gasteiger partial charge in [-0.15, -0.1) is 11.6 Å². The van der Waals surface area contributed by atoms with Crippen LogP contribution >= 0.6 is 11.6 Å². The Kier molecular flexibility index (Phi) is 4.18. The molecular formula is C4H9ClO3S. The Balaban J connectivity index is 3.73. The molecule has 0 aliphatic rings. The molecule has 0 fully saturated rings. The fourth-order valence-corrected chi connectivity index (χ4v) is 1.77. The first-order chi connectivity index (χ1) is 4.12. The molecule has 0 bridgehead atoms. The SMILES string of the molecule is COCS(=O)(=O)CCCl. The zero-order valence-corrected chi connectivity index (χ0v) is 6.70. The molecule has 0 radical (unpaired) electrons. The van der Waals surface area contributed by atoms with E-state index in [0.29, 0.717) is 0 Å². The van der Waals surface area contributed by atoms with Gasteiger partial charge in [-0.3, -0.25) is 0 Å². The van der Waals surface area contributed by atoms with Crippen molar-refractivity contribution in [3.05, 3.63) is 0 Å². The molecule has 56 valence electrons. The quantitative estimate of drug-likeness (QED) is 0.571. The van der Waals surface area contributed by atoms with Crippen molar-refractivity contribution >= 4 is 21.4 Å². The summed E-state index contributed by atoms with van der Waals surface area (Å²) in [6, 6.07) is 0. The number of ether oxygens (including phenoxy) is 1. The molecule has 0 spiro atoms. The van der Waals surface area contributed by atoms with Crippen LogP contribution in [0.3, 0.4) is 0 Å². The zero-order chi connectivity index (χ0) is 7.33. The smallest absolute Gasteiger partial charge is 0.175 e. The van der Waals surface area contributed by atoms with Crippen LogP contribution in [0.1, 0.15) is 0 Å². The molecule has 0 N–H and O–H groups in total. The van der Waals surface area contributed by atoms with Crippen LogP contribution in [0.25, 0.3) is 0 Å². The van der Waals surface area contributed by atoms with Crippen molar-refractivity contribution in [3.63, 3.8) is 0 Å². The van der Waals surface area contributed by atoms with E-state index in [1.165, 1.54) is 7.11 Å². The van der Waals surface area contributed by atoms with E-state index in [1.54, 1.807) is 0 Å². The third-order valence-corrected chi connectivity index (χ3v) is 2.52. The summed E-state index contributed by atoms with van der Waals surface area (Å²) >= 11 is 5.19. The standard InChI is InChI=1S/C4H9ClO3S/c1-8-4-9(6,7)3-2-5/h2-4H2,1H3. The van der Waals surface area contributed by atoms with Gasteiger partial charge in [0.05, 0.1) is 5.75 Å². The highest BCUT2D eigenvalue weighted by Gasteiger charge is 2.07. The number of methoxy groups -OCH3 is 1. The second-order valence-corrected chi connectivity index (χ2v) is 4.05. The fourth-order valence-electron chi connectivity index (χ4n) is 0.356. The van der Waals surface area contributed by atoms with E-state index in [1.807, 2.05) is 0 Å². The maximum Gasteiger partial charge on any atom is 0.175 e. The van der Waals surface area contributed by atoms with Crippen molar-refractivity contribution in [1.29, 1.82) is 0 Å². The van der Waals surface area contributed by atoms with E-state index < -0.39 is 9.84 Å². The second-order valence-electron chi connectivity index (χ2n) is 1.54. The first-order valence-electron chi connectivity index (χ1n) is 2.37. The molecule has 3 nitrogen and oxygen atoms in total. The van der Waals surface area contributed by atoms with E-state index in [-0.39, 0.29) is 17.6 Å². The number of hydrogen-bond acceptors (Lipinski definition) is 3. The lowest BCUT2D eigenvalue weighted by atomic mass is 11.0. The first-order valence-corrected chi connectivity index (χ1v) is 4.73. The average Bonchev–Trinajstić information content (AvgIpc) is 1.64. The molecule has 0 aromatic heterocycles. The summed E-state index contributed by atoms with van der Waals surface area (Å²) in [5.74, 6) is -0.117. The van der Waals surface area contributed by atoms with Crippen molar-refractivity contribution in [3.8, 4) is 0 Å². The molecule has 0 unspecified atom stereocenters. The molecular weight excluding hydrogens is 164 g/mol. The van der Waals surface area contributed by atoms with Crippen LogP contribution in [0.15, 0.2) is 0 Å². The molecule has 0 aromatic carbocycles. The van der Waals surface area contributed by atoms with Crippen LogP contribution in [0.5, 0.6) is 0 Å². The average molecular weight is 173 g/mol. The second kappa shape index (κ2) is 4.09. The van der Waals surface area contributed by atoms with Gasteiger partial charge in [-0.05, 0) is 0 Å². The fraction of sp³-hybridized carbons (Fsp3) is 1.00. The monoisotopic (exact) mass is 172 g/mol. The summed E-state index contributed by atoms with van der Waals surface area (Å²) in [6.45, 7) is 0. The minimum Gasteiger partial charge on any atom is -0.369 e. The van der Waals surface area contributed by atoms with Gasteiger partial charge in [0, 0.05) is 13.0 Å². The third kappa shape index (κ3) is 4.69. The normalized spacial score (nSPS) is 11.8. The molecule has 0 amide bonds. The van der Waals surface area contributed by atoms with E-state index in [4.69, 9.17) is 11.6 Å². The highest BCUT2D eigenvalue weighted by atomic mass is 35.5. The highest BCUT2D eigenvalue weighted by Crippen LogP contribution is 1.90. The number of sulfone groups is 1. The van der Waals surface area contributed by atoms with Gasteiger partial charge in [0.15, 0.2) is 9.84 Å². The van der Waals surface area contributed by atoms with E-state index in [9.17, 15) is 8.42 Å². The maximum absolute atomic E-state index is 10.6. The van der Waals surface area contributed by atoms with Gasteiger partial charge in [0.1, 0.15) is 5.94 Å². The molecule has 0 saturated carbocycles. The molecule has 0 aliphatic carbocycles. The van der Waals surface area contributed by atoms with Crippen LogP contribution in [-0.2, 0) is 14.6 Å². The van der Waals surface area contributed by atoms with Crippen molar-refractivity contribution in [1.82, 2.24) is 0 Å². The van der Waals surface area contributed by atoms with Crippen molar-refractivity contribution in [2.45, 2.75) is 0 Å². The summed E-state index contributed by atoms with van der Waals surface area (Å²) in [7, 11) is -1.70. The minimum absolute atomic E-state index is 0.0115. The molecule has 0 saturated heterocycles. The molecule has 0 aromatic rings. The van der Waals surface area contributed by atoms with E-state index >= 15 is 0 Å². The lowest BCUT2D eigenvalue weighted by Gasteiger charge is -1.97. The Labute approximate surface area is 59.9 Å². The Morgan fingerprint density at radius 3 is 2.44 bits per heavy atom. The molecule has 0 heterocycles. The van der Waals surface area contributed by atoms with Crippen molar-refractivity contribution < 1.29 is 13.2 Å². The largest absolute Gasteiger partial charge is 0.369 e. The molecule has 5 heteroatoms. The highest BCUT2D eigenvalue weighted by molar-refractivity contribution is 7.91. The lowest BCUT2D eigenvalue weighted by molar-refractivity contribution is 0.250. The summed E-state index contributed by atoms with van der Waals surface area (Å²) < 4.78 is 25.7. The minimum atomic E-state index is -3.04. The molecule has 9 heavy (non-hydrogen) atoms. The van der Waals surface area contributed by atoms with Crippen LogP contribution in [0.2, 0.25) is 0 Å². The number of halogens is 1. The predicted octanol–water partition coefficient (Wildman–Crippen LogP) is 0.244. The van der Waals surface area contributed by atoms with Crippen LogP contribution in [0.4, 0.5) is 0 Å².